The highest BCUT2D eigenvalue weighted by atomic mass is 19.4. The second-order valence-corrected chi connectivity index (χ2v) is 6.84. The maximum atomic E-state index is 14.7. The van der Waals surface area contributed by atoms with Crippen molar-refractivity contribution in [2.75, 3.05) is 6.61 Å². The van der Waals surface area contributed by atoms with Crippen molar-refractivity contribution >= 4 is 5.97 Å². The molecule has 0 aliphatic heterocycles. The van der Waals surface area contributed by atoms with Crippen LogP contribution < -0.4 is 5.32 Å². The zero-order valence-corrected chi connectivity index (χ0v) is 16.7. The van der Waals surface area contributed by atoms with Gasteiger partial charge in [0.25, 0.3) is 0 Å². The number of rotatable bonds is 7. The average molecular weight is 431 g/mol. The van der Waals surface area contributed by atoms with Gasteiger partial charge in [-0.25, -0.2) is 9.18 Å². The topological polar surface area (TPSA) is 38.3 Å². The summed E-state index contributed by atoms with van der Waals surface area (Å²) in [6.45, 7) is 1.64. The first-order valence-electron chi connectivity index (χ1n) is 9.70. The monoisotopic (exact) mass is 431 g/mol. The van der Waals surface area contributed by atoms with Crippen LogP contribution in [0.4, 0.5) is 17.6 Å². The van der Waals surface area contributed by atoms with E-state index in [-0.39, 0.29) is 12.2 Å². The van der Waals surface area contributed by atoms with Crippen molar-refractivity contribution in [3.8, 4) is 0 Å². The van der Waals surface area contributed by atoms with Crippen LogP contribution in [-0.2, 0) is 15.7 Å². The maximum absolute atomic E-state index is 14.7. The smallest absolute Gasteiger partial charge is 0.416 e. The minimum Gasteiger partial charge on any atom is -0.465 e. The first-order chi connectivity index (χ1) is 14.8. The Morgan fingerprint density at radius 3 is 1.94 bits per heavy atom. The van der Waals surface area contributed by atoms with Crippen molar-refractivity contribution in [1.82, 2.24) is 5.32 Å². The lowest BCUT2D eigenvalue weighted by Gasteiger charge is -2.26. The molecule has 7 heteroatoms. The summed E-state index contributed by atoms with van der Waals surface area (Å²) in [6, 6.07) is 18.6. The molecule has 0 radical (unpaired) electrons. The van der Waals surface area contributed by atoms with E-state index in [1.54, 1.807) is 6.92 Å². The van der Waals surface area contributed by atoms with Gasteiger partial charge < -0.3 is 4.74 Å². The Bertz CT molecular complexity index is 968. The molecule has 0 amide bonds. The van der Waals surface area contributed by atoms with Crippen molar-refractivity contribution in [3.63, 3.8) is 0 Å². The lowest BCUT2D eigenvalue weighted by atomic mass is 9.95. The molecule has 3 rings (SSSR count). The highest BCUT2D eigenvalue weighted by Gasteiger charge is 2.34. The maximum Gasteiger partial charge on any atom is 0.416 e. The summed E-state index contributed by atoms with van der Waals surface area (Å²) in [5, 5.41) is 3.09. The molecule has 3 nitrogen and oxygen atoms in total. The van der Waals surface area contributed by atoms with Crippen LogP contribution in [0.25, 0.3) is 0 Å². The molecule has 0 spiro atoms. The Balaban J connectivity index is 2.05. The normalized spacial score (nSPS) is 12.6. The number of carbonyl (C=O) groups is 1. The Morgan fingerprint density at radius 1 is 0.935 bits per heavy atom. The Labute approximate surface area is 177 Å². The van der Waals surface area contributed by atoms with Crippen LogP contribution >= 0.6 is 0 Å². The van der Waals surface area contributed by atoms with Crippen LogP contribution in [0.2, 0.25) is 0 Å². The van der Waals surface area contributed by atoms with E-state index in [2.05, 4.69) is 5.32 Å². The van der Waals surface area contributed by atoms with Gasteiger partial charge in [-0.05, 0) is 30.2 Å². The van der Waals surface area contributed by atoms with Gasteiger partial charge in [0.05, 0.1) is 18.2 Å². The molecule has 1 unspecified atom stereocenters. The summed E-state index contributed by atoms with van der Waals surface area (Å²) < 4.78 is 58.7. The number of hydrogen-bond acceptors (Lipinski definition) is 3. The molecule has 1 N–H and O–H groups in total. The fourth-order valence-corrected chi connectivity index (χ4v) is 3.29. The van der Waals surface area contributed by atoms with E-state index in [0.29, 0.717) is 6.07 Å². The van der Waals surface area contributed by atoms with Crippen LogP contribution in [0.5, 0.6) is 0 Å². The number of alkyl halides is 3. The molecule has 0 bridgehead atoms. The average Bonchev–Trinajstić information content (AvgIpc) is 2.75. The number of esters is 1. The van der Waals surface area contributed by atoms with Crippen molar-refractivity contribution in [2.24, 2.45) is 0 Å². The van der Waals surface area contributed by atoms with Gasteiger partial charge in [0.1, 0.15) is 11.9 Å². The second-order valence-electron chi connectivity index (χ2n) is 6.84. The van der Waals surface area contributed by atoms with Crippen LogP contribution in [0, 0.1) is 5.82 Å². The van der Waals surface area contributed by atoms with E-state index in [1.165, 1.54) is 0 Å². The summed E-state index contributed by atoms with van der Waals surface area (Å²) >= 11 is 0. The fraction of sp³-hybridized carbons (Fsp3) is 0.208. The third-order valence-electron chi connectivity index (χ3n) is 4.76. The van der Waals surface area contributed by atoms with E-state index >= 15 is 0 Å². The van der Waals surface area contributed by atoms with Gasteiger partial charge in [0.2, 0.25) is 0 Å². The number of ether oxygens (including phenoxy) is 1. The van der Waals surface area contributed by atoms with Crippen LogP contribution in [-0.4, -0.2) is 12.6 Å². The number of carbonyl (C=O) groups excluding carboxylic acids is 1. The van der Waals surface area contributed by atoms with Crippen molar-refractivity contribution < 1.29 is 27.1 Å². The van der Waals surface area contributed by atoms with Gasteiger partial charge >= 0.3 is 12.1 Å². The highest BCUT2D eigenvalue weighted by molar-refractivity contribution is 5.78. The third-order valence-corrected chi connectivity index (χ3v) is 4.76. The molecule has 0 aliphatic carbocycles. The molecule has 0 aliphatic rings. The summed E-state index contributed by atoms with van der Waals surface area (Å²) in [7, 11) is 0. The van der Waals surface area contributed by atoms with E-state index < -0.39 is 35.6 Å². The van der Waals surface area contributed by atoms with E-state index in [4.69, 9.17) is 4.74 Å². The summed E-state index contributed by atoms with van der Waals surface area (Å²) in [5.74, 6) is -1.92. The fourth-order valence-electron chi connectivity index (χ4n) is 3.29. The minimum atomic E-state index is -4.69. The van der Waals surface area contributed by atoms with E-state index in [0.717, 1.165) is 23.3 Å². The van der Waals surface area contributed by atoms with Crippen LogP contribution in [0.15, 0.2) is 78.9 Å². The first-order valence-corrected chi connectivity index (χ1v) is 9.70. The highest BCUT2D eigenvalue weighted by Crippen LogP contribution is 2.33. The molecule has 0 aromatic heterocycles. The molecule has 31 heavy (non-hydrogen) atoms. The molecule has 162 valence electrons. The lowest BCUT2D eigenvalue weighted by Crippen LogP contribution is -2.34. The zero-order chi connectivity index (χ0) is 22.4. The van der Waals surface area contributed by atoms with E-state index in [1.807, 2.05) is 60.7 Å². The summed E-state index contributed by atoms with van der Waals surface area (Å²) in [4.78, 5) is 12.7. The van der Waals surface area contributed by atoms with Crippen molar-refractivity contribution in [1.29, 1.82) is 0 Å². The van der Waals surface area contributed by atoms with Crippen LogP contribution in [0.1, 0.15) is 41.3 Å². The Morgan fingerprint density at radius 2 is 1.48 bits per heavy atom. The summed E-state index contributed by atoms with van der Waals surface area (Å²) in [5.41, 5.74) is 0.257. The first kappa shape index (κ1) is 22.5. The number of benzene rings is 3. The van der Waals surface area contributed by atoms with E-state index in [9.17, 15) is 22.4 Å². The van der Waals surface area contributed by atoms with Crippen molar-refractivity contribution in [2.45, 2.75) is 25.2 Å². The molecule has 0 saturated heterocycles. The molecule has 0 saturated carbocycles. The zero-order valence-electron chi connectivity index (χ0n) is 16.7. The summed E-state index contributed by atoms with van der Waals surface area (Å²) in [6.07, 6.45) is -4.69. The minimum absolute atomic E-state index is 0.0423. The third kappa shape index (κ3) is 5.49. The lowest BCUT2D eigenvalue weighted by molar-refractivity contribution is -0.146. The number of hydrogen-bond donors (Lipinski definition) is 1. The Hall–Kier alpha value is -3.19. The predicted octanol–water partition coefficient (Wildman–Crippen LogP) is 5.83. The SMILES string of the molecule is CCOC(=O)C(NC(c1ccccc1)c1ccccc1)c1ccc(C(F)(F)F)cc1F. The molecule has 0 fully saturated rings. The van der Waals surface area contributed by atoms with Gasteiger partial charge in [-0.3, -0.25) is 5.32 Å². The van der Waals surface area contributed by atoms with Gasteiger partial charge in [-0.1, -0.05) is 66.7 Å². The molecular weight excluding hydrogens is 410 g/mol. The predicted molar refractivity (Wildman–Crippen MR) is 109 cm³/mol. The Kier molecular flexibility index (Phi) is 7.07. The van der Waals surface area contributed by atoms with Crippen LogP contribution in [0.3, 0.4) is 0 Å². The standard InChI is InChI=1S/C24H21F4NO2/c1-2-31-23(30)22(19-14-13-18(15-20(19)25)24(26,27)28)29-21(16-9-5-3-6-10-16)17-11-7-4-8-12-17/h3-15,21-22,29H,2H2,1H3. The van der Waals surface area contributed by atoms with Gasteiger partial charge in [0.15, 0.2) is 0 Å². The van der Waals surface area contributed by atoms with Gasteiger partial charge in [-0.2, -0.15) is 13.2 Å². The van der Waals surface area contributed by atoms with Gasteiger partial charge in [0, 0.05) is 5.56 Å². The second kappa shape index (κ2) is 9.75. The molecule has 1 atom stereocenters. The van der Waals surface area contributed by atoms with Gasteiger partial charge in [-0.15, -0.1) is 0 Å². The number of halogens is 4. The quantitative estimate of drug-likeness (QED) is 0.378. The molecule has 3 aromatic rings. The van der Waals surface area contributed by atoms with Crippen molar-refractivity contribution in [3.05, 3.63) is 107 Å². The largest absolute Gasteiger partial charge is 0.465 e. The number of nitrogens with one attached hydrogen (secondary N) is 1. The molecule has 3 aromatic carbocycles. The molecule has 0 heterocycles. The molecular formula is C24H21F4NO2.